The van der Waals surface area contributed by atoms with E-state index < -0.39 is 0 Å². The van der Waals surface area contributed by atoms with Gasteiger partial charge in [0.1, 0.15) is 11.7 Å². The van der Waals surface area contributed by atoms with Gasteiger partial charge in [-0.3, -0.25) is 0 Å². The van der Waals surface area contributed by atoms with Crippen molar-refractivity contribution < 1.29 is 5.11 Å². The van der Waals surface area contributed by atoms with Crippen LogP contribution < -0.4 is 5.32 Å². The molecule has 2 rings (SSSR count). The van der Waals surface area contributed by atoms with Crippen LogP contribution in [0.2, 0.25) is 0 Å². The number of aliphatic hydroxyl groups excluding tert-OH is 1. The first-order valence-electron chi connectivity index (χ1n) is 6.36. The van der Waals surface area contributed by atoms with Crippen LogP contribution in [0.3, 0.4) is 0 Å². The molecule has 0 aliphatic carbocycles. The third-order valence-corrected chi connectivity index (χ3v) is 3.14. The number of aromatic nitrogens is 2. The average molecular weight is 258 g/mol. The molecule has 0 spiro atoms. The molecule has 2 heterocycles. The van der Waals surface area contributed by atoms with E-state index in [4.69, 9.17) is 5.26 Å². The minimum absolute atomic E-state index is 0.236. The highest BCUT2D eigenvalue weighted by Gasteiger charge is 2.09. The van der Waals surface area contributed by atoms with Gasteiger partial charge in [-0.1, -0.05) is 13.8 Å². The number of nitrogens with zero attached hydrogens (tertiary/aromatic N) is 3. The molecule has 0 radical (unpaired) electrons. The lowest BCUT2D eigenvalue weighted by atomic mass is 10.1. The third kappa shape index (κ3) is 3.11. The van der Waals surface area contributed by atoms with E-state index in [-0.39, 0.29) is 12.0 Å². The number of rotatable bonds is 5. The molecule has 0 fully saturated rings. The van der Waals surface area contributed by atoms with Gasteiger partial charge in [0, 0.05) is 19.3 Å². The molecule has 5 heteroatoms. The lowest BCUT2D eigenvalue weighted by Gasteiger charge is -2.14. The maximum absolute atomic E-state index is 9.72. The minimum atomic E-state index is -0.353. The first kappa shape index (κ1) is 13.5. The lowest BCUT2D eigenvalue weighted by Crippen LogP contribution is -2.30. The van der Waals surface area contributed by atoms with Crippen LogP contribution in [0.4, 0.5) is 0 Å². The van der Waals surface area contributed by atoms with Crippen molar-refractivity contribution in [2.45, 2.75) is 26.5 Å². The van der Waals surface area contributed by atoms with Crippen LogP contribution in [0, 0.1) is 17.2 Å². The fourth-order valence-electron chi connectivity index (χ4n) is 1.81. The number of hydrogen-bond acceptors (Lipinski definition) is 4. The number of nitrogens with one attached hydrogen (secondary N) is 1. The summed E-state index contributed by atoms with van der Waals surface area (Å²) in [6.45, 7) is 5.13. The van der Waals surface area contributed by atoms with E-state index in [9.17, 15) is 5.11 Å². The number of fused-ring (bicyclic) bond motifs is 1. The summed E-state index contributed by atoms with van der Waals surface area (Å²) < 4.78 is 1.90. The van der Waals surface area contributed by atoms with E-state index in [0.717, 1.165) is 11.3 Å². The zero-order valence-corrected chi connectivity index (χ0v) is 11.2. The molecule has 0 saturated heterocycles. The second-order valence-corrected chi connectivity index (χ2v) is 4.95. The molecule has 0 amide bonds. The van der Waals surface area contributed by atoms with Gasteiger partial charge >= 0.3 is 0 Å². The smallest absolute Gasteiger partial charge is 0.137 e. The number of nitriles is 1. The summed E-state index contributed by atoms with van der Waals surface area (Å²) in [7, 11) is 0. The van der Waals surface area contributed by atoms with E-state index in [1.54, 1.807) is 18.5 Å². The Balaban J connectivity index is 2.07. The minimum Gasteiger partial charge on any atom is -0.392 e. The van der Waals surface area contributed by atoms with Gasteiger partial charge in [-0.2, -0.15) is 5.26 Å². The van der Waals surface area contributed by atoms with Gasteiger partial charge in [-0.05, 0) is 18.1 Å². The summed E-state index contributed by atoms with van der Waals surface area (Å²) in [6, 6.07) is 5.69. The summed E-state index contributed by atoms with van der Waals surface area (Å²) in [6.07, 6.45) is 3.21. The molecule has 0 saturated carbocycles. The normalized spacial score (nSPS) is 12.8. The Morgan fingerprint density at radius 3 is 2.95 bits per heavy atom. The van der Waals surface area contributed by atoms with Gasteiger partial charge in [-0.15, -0.1) is 0 Å². The average Bonchev–Trinajstić information content (AvgIpc) is 2.81. The highest BCUT2D eigenvalue weighted by Crippen LogP contribution is 2.09. The zero-order valence-electron chi connectivity index (χ0n) is 11.2. The lowest BCUT2D eigenvalue weighted by molar-refractivity contribution is 0.123. The predicted octanol–water partition coefficient (Wildman–Crippen LogP) is 1.31. The molecule has 2 aromatic rings. The molecule has 100 valence electrons. The standard InChI is InChI=1S/C14H18N4O/c1-10(2)13(19)8-16-6-12-7-17-14-4-3-11(5-15)9-18(12)14/h3-4,7,9-10,13,16,19H,6,8H2,1-2H3. The Morgan fingerprint density at radius 2 is 2.26 bits per heavy atom. The van der Waals surface area contributed by atoms with Gasteiger partial charge in [0.05, 0.1) is 23.6 Å². The van der Waals surface area contributed by atoms with Gasteiger partial charge in [0.25, 0.3) is 0 Å². The predicted molar refractivity (Wildman–Crippen MR) is 72.5 cm³/mol. The number of aliphatic hydroxyl groups is 1. The first-order chi connectivity index (χ1) is 9.11. The van der Waals surface area contributed by atoms with Crippen molar-refractivity contribution in [1.29, 1.82) is 5.26 Å². The highest BCUT2D eigenvalue weighted by atomic mass is 16.3. The maximum Gasteiger partial charge on any atom is 0.137 e. The molecular formula is C14H18N4O. The van der Waals surface area contributed by atoms with Crippen molar-refractivity contribution in [2.75, 3.05) is 6.54 Å². The Bertz CT molecular complexity index is 597. The van der Waals surface area contributed by atoms with Gasteiger partial charge in [0.2, 0.25) is 0 Å². The number of pyridine rings is 1. The van der Waals surface area contributed by atoms with Gasteiger partial charge in [-0.25, -0.2) is 4.98 Å². The molecule has 0 aliphatic rings. The fraction of sp³-hybridized carbons (Fsp3) is 0.429. The molecule has 5 nitrogen and oxygen atoms in total. The van der Waals surface area contributed by atoms with Crippen LogP contribution in [0.5, 0.6) is 0 Å². The summed E-state index contributed by atoms with van der Waals surface area (Å²) in [5, 5.41) is 21.8. The Hall–Kier alpha value is -1.90. The summed E-state index contributed by atoms with van der Waals surface area (Å²) in [5.74, 6) is 0.236. The van der Waals surface area contributed by atoms with Crippen LogP contribution >= 0.6 is 0 Å². The second kappa shape index (κ2) is 5.83. The maximum atomic E-state index is 9.72. The highest BCUT2D eigenvalue weighted by molar-refractivity contribution is 5.44. The van der Waals surface area contributed by atoms with Crippen LogP contribution in [0.1, 0.15) is 25.1 Å². The molecule has 2 N–H and O–H groups in total. The van der Waals surface area contributed by atoms with E-state index in [1.165, 1.54) is 0 Å². The fourth-order valence-corrected chi connectivity index (χ4v) is 1.81. The number of imidazole rings is 1. The largest absolute Gasteiger partial charge is 0.392 e. The third-order valence-electron chi connectivity index (χ3n) is 3.14. The number of hydrogen-bond donors (Lipinski definition) is 2. The summed E-state index contributed by atoms with van der Waals surface area (Å²) >= 11 is 0. The molecule has 1 unspecified atom stereocenters. The Morgan fingerprint density at radius 1 is 1.47 bits per heavy atom. The summed E-state index contributed by atoms with van der Waals surface area (Å²) in [4.78, 5) is 4.28. The van der Waals surface area contributed by atoms with Crippen LogP contribution in [-0.2, 0) is 6.54 Å². The zero-order chi connectivity index (χ0) is 13.8. The van der Waals surface area contributed by atoms with Crippen molar-refractivity contribution in [3.05, 3.63) is 35.8 Å². The van der Waals surface area contributed by atoms with E-state index in [2.05, 4.69) is 16.4 Å². The van der Waals surface area contributed by atoms with Gasteiger partial charge < -0.3 is 14.8 Å². The Labute approximate surface area is 112 Å². The molecule has 0 aromatic carbocycles. The van der Waals surface area contributed by atoms with Crippen LogP contribution in [-0.4, -0.2) is 27.1 Å². The molecule has 1 atom stereocenters. The first-order valence-corrected chi connectivity index (χ1v) is 6.36. The molecule has 19 heavy (non-hydrogen) atoms. The SMILES string of the molecule is CC(C)C(O)CNCc1cnc2ccc(C#N)cn12. The molecular weight excluding hydrogens is 240 g/mol. The van der Waals surface area contributed by atoms with Crippen LogP contribution in [0.25, 0.3) is 5.65 Å². The molecule has 0 aliphatic heterocycles. The quantitative estimate of drug-likeness (QED) is 0.848. The van der Waals surface area contributed by atoms with E-state index >= 15 is 0 Å². The van der Waals surface area contributed by atoms with Gasteiger partial charge in [0.15, 0.2) is 0 Å². The monoisotopic (exact) mass is 258 g/mol. The van der Waals surface area contributed by atoms with Crippen LogP contribution in [0.15, 0.2) is 24.5 Å². The summed E-state index contributed by atoms with van der Waals surface area (Å²) in [5.41, 5.74) is 2.40. The van der Waals surface area contributed by atoms with Crippen molar-refractivity contribution in [3.63, 3.8) is 0 Å². The molecule has 0 bridgehead atoms. The van der Waals surface area contributed by atoms with Crippen molar-refractivity contribution in [3.8, 4) is 6.07 Å². The van der Waals surface area contributed by atoms with E-state index in [1.807, 2.05) is 24.3 Å². The second-order valence-electron chi connectivity index (χ2n) is 4.95. The van der Waals surface area contributed by atoms with Crippen molar-refractivity contribution >= 4 is 5.65 Å². The van der Waals surface area contributed by atoms with E-state index in [0.29, 0.717) is 18.7 Å². The van der Waals surface area contributed by atoms with Crippen molar-refractivity contribution in [2.24, 2.45) is 5.92 Å². The Kier molecular flexibility index (Phi) is 4.15. The topological polar surface area (TPSA) is 73.3 Å². The van der Waals surface area contributed by atoms with Crippen molar-refractivity contribution in [1.82, 2.24) is 14.7 Å². The molecule has 2 aromatic heterocycles.